The smallest absolute Gasteiger partial charge is 0.306 e. The molecule has 0 unspecified atom stereocenters. The molecule has 0 fully saturated rings. The molecule has 0 spiro atoms. The van der Waals surface area contributed by atoms with E-state index in [4.69, 9.17) is 9.47 Å². The van der Waals surface area contributed by atoms with Crippen LogP contribution in [0.15, 0.2) is 48.6 Å². The van der Waals surface area contributed by atoms with Crippen molar-refractivity contribution in [1.29, 1.82) is 0 Å². The van der Waals surface area contributed by atoms with E-state index in [0.717, 1.165) is 64.5 Å². The number of hydrogen-bond donors (Lipinski definition) is 1. The second-order valence-corrected chi connectivity index (χ2v) is 11.4. The number of ether oxygens (including phenoxy) is 2. The quantitative estimate of drug-likeness (QED) is 0.0604. The van der Waals surface area contributed by atoms with Crippen LogP contribution in [-0.2, 0) is 32.0 Å². The van der Waals surface area contributed by atoms with Crippen molar-refractivity contribution in [2.75, 3.05) is 19.8 Å². The first-order chi connectivity index (χ1) is 20.7. The number of unbranched alkanes of at least 4 members (excludes halogenated alkanes) is 12. The lowest BCUT2D eigenvalue weighted by molar-refractivity contribution is -0.143. The topological polar surface area (TPSA) is 64.6 Å². The molecule has 0 aliphatic heterocycles. The van der Waals surface area contributed by atoms with Crippen LogP contribution in [-0.4, -0.2) is 31.7 Å². The lowest BCUT2D eigenvalue weighted by Crippen LogP contribution is -2.14. The fourth-order valence-corrected chi connectivity index (χ4v) is 4.79. The van der Waals surface area contributed by atoms with Crippen molar-refractivity contribution in [3.63, 3.8) is 0 Å². The van der Waals surface area contributed by atoms with E-state index in [1.807, 2.05) is 12.2 Å². The molecule has 0 atom stereocenters. The summed E-state index contributed by atoms with van der Waals surface area (Å²) in [5.74, 6) is -0.190. The first kappa shape index (κ1) is 37.6. The van der Waals surface area contributed by atoms with Crippen molar-refractivity contribution in [3.05, 3.63) is 59.7 Å². The highest BCUT2D eigenvalue weighted by molar-refractivity contribution is 5.69. The van der Waals surface area contributed by atoms with Crippen LogP contribution in [0.2, 0.25) is 0 Å². The van der Waals surface area contributed by atoms with Crippen LogP contribution in [0.5, 0.6) is 0 Å². The molecule has 0 amide bonds. The van der Waals surface area contributed by atoms with Crippen LogP contribution >= 0.6 is 0 Å². The lowest BCUT2D eigenvalue weighted by Gasteiger charge is -2.08. The predicted molar refractivity (Wildman–Crippen MR) is 177 cm³/mol. The van der Waals surface area contributed by atoms with Gasteiger partial charge in [-0.2, -0.15) is 0 Å². The molecule has 0 aliphatic carbocycles. The molecule has 1 aromatic rings. The number of carbonyl (C=O) groups excluding carboxylic acids is 2. The third-order valence-electron chi connectivity index (χ3n) is 7.36. The van der Waals surface area contributed by atoms with E-state index < -0.39 is 0 Å². The molecule has 0 radical (unpaired) electrons. The van der Waals surface area contributed by atoms with Crippen molar-refractivity contribution in [2.24, 2.45) is 0 Å². The van der Waals surface area contributed by atoms with Gasteiger partial charge in [-0.1, -0.05) is 120 Å². The molecule has 0 heterocycles. The first-order valence-electron chi connectivity index (χ1n) is 17.1. The molecule has 0 bridgehead atoms. The molecule has 5 heteroatoms. The van der Waals surface area contributed by atoms with E-state index in [1.54, 1.807) is 0 Å². The Morgan fingerprint density at radius 1 is 0.643 bits per heavy atom. The molecule has 5 nitrogen and oxygen atoms in total. The maximum atomic E-state index is 12.0. The maximum absolute atomic E-state index is 12.0. The number of rotatable bonds is 28. The Morgan fingerprint density at radius 2 is 1.19 bits per heavy atom. The van der Waals surface area contributed by atoms with Gasteiger partial charge in [0.25, 0.3) is 0 Å². The fraction of sp³-hybridized carbons (Fsp3) is 0.676. The standard InChI is InChI=1S/C37H61NO4/c1-3-5-7-9-11-16-20-30-41-36(39)27-18-14-13-15-19-29-38-33-35-26-22-24-34(32-35)25-23-28-37(40)42-31-21-17-12-10-8-6-4-2/h16-17,20-22,24,26,32,38H,3-15,18-19,23,25,27-31,33H2,1-2H3/b20-16-,21-17-. The van der Waals surface area contributed by atoms with Gasteiger partial charge in [-0.3, -0.25) is 9.59 Å². The van der Waals surface area contributed by atoms with E-state index in [-0.39, 0.29) is 11.9 Å². The summed E-state index contributed by atoms with van der Waals surface area (Å²) in [5.41, 5.74) is 2.55. The number of allylic oxidation sites excluding steroid dienone is 2. The Balaban J connectivity index is 1.99. The van der Waals surface area contributed by atoms with Gasteiger partial charge in [0, 0.05) is 19.4 Å². The van der Waals surface area contributed by atoms with Gasteiger partial charge < -0.3 is 14.8 Å². The van der Waals surface area contributed by atoms with Crippen LogP contribution in [0.25, 0.3) is 0 Å². The van der Waals surface area contributed by atoms with Gasteiger partial charge >= 0.3 is 11.9 Å². The van der Waals surface area contributed by atoms with Gasteiger partial charge in [0.2, 0.25) is 0 Å². The number of nitrogens with one attached hydrogen (secondary N) is 1. The highest BCUT2D eigenvalue weighted by atomic mass is 16.5. The molecule has 1 aromatic carbocycles. The van der Waals surface area contributed by atoms with Gasteiger partial charge in [0.1, 0.15) is 13.2 Å². The van der Waals surface area contributed by atoms with Gasteiger partial charge in [-0.15, -0.1) is 0 Å². The summed E-state index contributed by atoms with van der Waals surface area (Å²) in [7, 11) is 0. The predicted octanol–water partition coefficient (Wildman–Crippen LogP) is 9.58. The molecule has 238 valence electrons. The largest absolute Gasteiger partial charge is 0.461 e. The van der Waals surface area contributed by atoms with Crippen LogP contribution in [0, 0.1) is 0 Å². The van der Waals surface area contributed by atoms with Crippen molar-refractivity contribution < 1.29 is 19.1 Å². The fourth-order valence-electron chi connectivity index (χ4n) is 4.79. The molecule has 1 rings (SSSR count). The van der Waals surface area contributed by atoms with Crippen LogP contribution < -0.4 is 5.32 Å². The Kier molecular flexibility index (Phi) is 25.7. The average Bonchev–Trinajstić information content (AvgIpc) is 2.99. The monoisotopic (exact) mass is 583 g/mol. The number of esters is 2. The molecule has 42 heavy (non-hydrogen) atoms. The van der Waals surface area contributed by atoms with Crippen molar-refractivity contribution in [2.45, 2.75) is 142 Å². The highest BCUT2D eigenvalue weighted by Gasteiger charge is 2.04. The molecule has 0 aliphatic rings. The van der Waals surface area contributed by atoms with E-state index in [2.05, 4.69) is 55.6 Å². The van der Waals surface area contributed by atoms with E-state index in [0.29, 0.717) is 26.1 Å². The third-order valence-corrected chi connectivity index (χ3v) is 7.36. The van der Waals surface area contributed by atoms with Crippen LogP contribution in [0.4, 0.5) is 0 Å². The Bertz CT molecular complexity index is 848. The maximum Gasteiger partial charge on any atom is 0.306 e. The Hall–Kier alpha value is -2.40. The second-order valence-electron chi connectivity index (χ2n) is 11.4. The summed E-state index contributed by atoms with van der Waals surface area (Å²) in [5, 5.41) is 3.55. The number of hydrogen-bond acceptors (Lipinski definition) is 5. The second kappa shape index (κ2) is 28.7. The lowest BCUT2D eigenvalue weighted by atomic mass is 10.1. The Labute approximate surface area is 257 Å². The Morgan fingerprint density at radius 3 is 1.83 bits per heavy atom. The zero-order valence-corrected chi connectivity index (χ0v) is 27.0. The van der Waals surface area contributed by atoms with Crippen molar-refractivity contribution in [1.82, 2.24) is 5.32 Å². The molecular formula is C37H61NO4. The summed E-state index contributed by atoms with van der Waals surface area (Å²) in [6.45, 7) is 7.09. The summed E-state index contributed by atoms with van der Waals surface area (Å²) in [4.78, 5) is 23.8. The minimum atomic E-state index is -0.111. The number of benzene rings is 1. The molecule has 0 aromatic heterocycles. The summed E-state index contributed by atoms with van der Waals surface area (Å²) in [6, 6.07) is 8.63. The van der Waals surface area contributed by atoms with Crippen molar-refractivity contribution >= 4 is 11.9 Å². The molecule has 0 saturated carbocycles. The van der Waals surface area contributed by atoms with Gasteiger partial charge in [-0.05, 0) is 69.0 Å². The molecular weight excluding hydrogens is 522 g/mol. The zero-order valence-electron chi connectivity index (χ0n) is 27.0. The first-order valence-corrected chi connectivity index (χ1v) is 17.1. The summed E-state index contributed by atoms with van der Waals surface area (Å²) < 4.78 is 10.6. The minimum Gasteiger partial charge on any atom is -0.461 e. The van der Waals surface area contributed by atoms with Gasteiger partial charge in [-0.25, -0.2) is 0 Å². The summed E-state index contributed by atoms with van der Waals surface area (Å²) in [6.07, 6.45) is 28.6. The van der Waals surface area contributed by atoms with E-state index in [9.17, 15) is 9.59 Å². The third kappa shape index (κ3) is 24.2. The van der Waals surface area contributed by atoms with Crippen LogP contribution in [0.1, 0.15) is 141 Å². The van der Waals surface area contributed by atoms with Crippen LogP contribution in [0.3, 0.4) is 0 Å². The summed E-state index contributed by atoms with van der Waals surface area (Å²) >= 11 is 0. The average molecular weight is 584 g/mol. The number of carbonyl (C=O) groups is 2. The minimum absolute atomic E-state index is 0.0781. The van der Waals surface area contributed by atoms with E-state index >= 15 is 0 Å². The highest BCUT2D eigenvalue weighted by Crippen LogP contribution is 2.11. The SMILES string of the molecule is CCCCCC/C=C\COC(=O)CCCCCCCNCc1cccc(CCCC(=O)OC/C=C\CCCCCC)c1. The number of aryl methyl sites for hydroxylation is 1. The zero-order chi connectivity index (χ0) is 30.4. The van der Waals surface area contributed by atoms with Gasteiger partial charge in [0.15, 0.2) is 0 Å². The molecule has 1 N–H and O–H groups in total. The normalized spacial score (nSPS) is 11.5. The van der Waals surface area contributed by atoms with E-state index in [1.165, 1.54) is 68.9 Å². The van der Waals surface area contributed by atoms with Gasteiger partial charge in [0.05, 0.1) is 0 Å². The molecule has 0 saturated heterocycles. The van der Waals surface area contributed by atoms with Crippen molar-refractivity contribution in [3.8, 4) is 0 Å².